The smallest absolute Gasteiger partial charge is 0.169 e. The lowest BCUT2D eigenvalue weighted by atomic mass is 9.91. The number of halogens is 1. The molecule has 2 aromatic carbocycles. The number of fused-ring (bicyclic) bond motifs is 1. The van der Waals surface area contributed by atoms with Gasteiger partial charge >= 0.3 is 0 Å². The monoisotopic (exact) mass is 419 g/mol. The number of carbonyl (C=O) groups is 1. The molecule has 1 heterocycles. The van der Waals surface area contributed by atoms with Crippen LogP contribution in [0, 0.1) is 5.92 Å². The highest BCUT2D eigenvalue weighted by Gasteiger charge is 2.33. The van der Waals surface area contributed by atoms with E-state index in [1.54, 1.807) is 6.20 Å². The van der Waals surface area contributed by atoms with Crippen LogP contribution in [-0.4, -0.2) is 22.9 Å². The number of benzene rings is 2. The Labute approximate surface area is 181 Å². The van der Waals surface area contributed by atoms with Crippen molar-refractivity contribution in [2.45, 2.75) is 50.6 Å². The van der Waals surface area contributed by atoms with Crippen LogP contribution in [0.2, 0.25) is 5.02 Å². The van der Waals surface area contributed by atoms with E-state index in [-0.39, 0.29) is 17.7 Å². The van der Waals surface area contributed by atoms with Crippen molar-refractivity contribution < 1.29 is 4.79 Å². The van der Waals surface area contributed by atoms with Gasteiger partial charge in [-0.3, -0.25) is 9.78 Å². The maximum absolute atomic E-state index is 13.1. The third-order valence-corrected chi connectivity index (χ3v) is 6.72. The van der Waals surface area contributed by atoms with Crippen molar-refractivity contribution in [3.63, 3.8) is 0 Å². The number of nitrogens with zero attached hydrogens (tertiary/aromatic N) is 1. The molecular weight excluding hydrogens is 394 g/mol. The Morgan fingerprint density at radius 2 is 1.80 bits per heavy atom. The molecule has 0 radical (unpaired) electrons. The predicted octanol–water partition coefficient (Wildman–Crippen LogP) is 5.83. The number of rotatable bonds is 5. The summed E-state index contributed by atoms with van der Waals surface area (Å²) in [7, 11) is 0. The van der Waals surface area contributed by atoms with Crippen LogP contribution < -0.4 is 11.1 Å². The van der Waals surface area contributed by atoms with Gasteiger partial charge in [0, 0.05) is 40.2 Å². The van der Waals surface area contributed by atoms with E-state index in [4.69, 9.17) is 17.3 Å². The Kier molecular flexibility index (Phi) is 5.21. The van der Waals surface area contributed by atoms with Gasteiger partial charge < -0.3 is 11.1 Å². The van der Waals surface area contributed by atoms with Crippen LogP contribution >= 0.6 is 11.6 Å². The highest BCUT2D eigenvalue weighted by atomic mass is 35.5. The Morgan fingerprint density at radius 3 is 2.53 bits per heavy atom. The molecule has 0 amide bonds. The van der Waals surface area contributed by atoms with Gasteiger partial charge in [0.2, 0.25) is 0 Å². The van der Waals surface area contributed by atoms with Crippen LogP contribution in [0.4, 0.5) is 5.69 Å². The van der Waals surface area contributed by atoms with E-state index >= 15 is 0 Å². The highest BCUT2D eigenvalue weighted by Crippen LogP contribution is 2.39. The Hall–Kier alpha value is -2.43. The molecular formula is C25H26ClN3O. The Bertz CT molecular complexity index is 1100. The minimum Gasteiger partial charge on any atom is -0.381 e. The lowest BCUT2D eigenvalue weighted by Crippen LogP contribution is -2.33. The van der Waals surface area contributed by atoms with Crippen molar-refractivity contribution in [1.82, 2.24) is 4.98 Å². The number of carbonyl (C=O) groups excluding carboxylic acids is 1. The standard InChI is InChI=1S/C25H26ClN3O/c26-22-4-2-1-3-19(22)16-7-12-23-20(13-16)24(29-18-10-8-17(27)9-11-18)21(14-28-23)25(30)15-5-6-15/h1-4,7,12-15,17-18H,5-6,8-11,27H2,(H,28,29). The van der Waals surface area contributed by atoms with Crippen molar-refractivity contribution in [2.75, 3.05) is 5.32 Å². The van der Waals surface area contributed by atoms with Gasteiger partial charge in [-0.15, -0.1) is 0 Å². The summed E-state index contributed by atoms with van der Waals surface area (Å²) in [5.74, 6) is 0.360. The molecule has 0 saturated heterocycles. The first-order valence-corrected chi connectivity index (χ1v) is 11.2. The molecule has 154 valence electrons. The molecule has 0 unspecified atom stereocenters. The van der Waals surface area contributed by atoms with Crippen LogP contribution in [0.25, 0.3) is 22.0 Å². The van der Waals surface area contributed by atoms with E-state index in [1.165, 1.54) is 0 Å². The zero-order chi connectivity index (χ0) is 20.7. The van der Waals surface area contributed by atoms with E-state index in [1.807, 2.05) is 36.4 Å². The molecule has 0 atom stereocenters. The number of nitrogens with one attached hydrogen (secondary N) is 1. The summed E-state index contributed by atoms with van der Waals surface area (Å²) in [6.07, 6.45) is 7.78. The molecule has 0 bridgehead atoms. The van der Waals surface area contributed by atoms with Gasteiger partial charge in [0.1, 0.15) is 0 Å². The second-order valence-electron chi connectivity index (χ2n) is 8.65. The average molecular weight is 420 g/mol. The largest absolute Gasteiger partial charge is 0.381 e. The summed E-state index contributed by atoms with van der Waals surface area (Å²) in [6.45, 7) is 0. The summed E-state index contributed by atoms with van der Waals surface area (Å²) >= 11 is 6.45. The lowest BCUT2D eigenvalue weighted by molar-refractivity contribution is 0.0968. The van der Waals surface area contributed by atoms with Crippen molar-refractivity contribution in [2.24, 2.45) is 11.7 Å². The number of hydrogen-bond donors (Lipinski definition) is 2. The number of ketones is 1. The first-order chi connectivity index (χ1) is 14.6. The van der Waals surface area contributed by atoms with Gasteiger partial charge in [-0.05, 0) is 62.3 Å². The van der Waals surface area contributed by atoms with Crippen LogP contribution in [0.3, 0.4) is 0 Å². The molecule has 1 aromatic heterocycles. The zero-order valence-electron chi connectivity index (χ0n) is 16.9. The number of aromatic nitrogens is 1. The Morgan fingerprint density at radius 1 is 1.03 bits per heavy atom. The molecule has 5 heteroatoms. The van der Waals surface area contributed by atoms with E-state index in [0.29, 0.717) is 11.1 Å². The van der Waals surface area contributed by atoms with Crippen molar-refractivity contribution in [3.05, 3.63) is 59.2 Å². The first kappa shape index (κ1) is 19.5. The molecule has 2 saturated carbocycles. The van der Waals surface area contributed by atoms with Crippen LogP contribution in [0.5, 0.6) is 0 Å². The second kappa shape index (κ2) is 8.01. The van der Waals surface area contributed by atoms with Gasteiger partial charge in [0.25, 0.3) is 0 Å². The minimum absolute atomic E-state index is 0.149. The molecule has 0 aliphatic heterocycles. The summed E-state index contributed by atoms with van der Waals surface area (Å²) in [5.41, 5.74) is 10.6. The van der Waals surface area contributed by atoms with E-state index in [0.717, 1.165) is 71.8 Å². The SMILES string of the molecule is NC1CCC(Nc2c(C(=O)C3CC3)cnc3ccc(-c4ccccc4Cl)cc23)CC1. The van der Waals surface area contributed by atoms with Crippen molar-refractivity contribution in [1.29, 1.82) is 0 Å². The number of pyridine rings is 1. The van der Waals surface area contributed by atoms with Crippen molar-refractivity contribution >= 4 is 34.0 Å². The van der Waals surface area contributed by atoms with Gasteiger partial charge in [0.05, 0.1) is 16.8 Å². The summed E-state index contributed by atoms with van der Waals surface area (Å²) in [6, 6.07) is 14.6. The third kappa shape index (κ3) is 3.82. The fraction of sp³-hybridized carbons (Fsp3) is 0.360. The summed E-state index contributed by atoms with van der Waals surface area (Å²) in [4.78, 5) is 17.7. The highest BCUT2D eigenvalue weighted by molar-refractivity contribution is 6.33. The van der Waals surface area contributed by atoms with Crippen LogP contribution in [-0.2, 0) is 0 Å². The Balaban J connectivity index is 1.62. The zero-order valence-corrected chi connectivity index (χ0v) is 17.7. The number of hydrogen-bond acceptors (Lipinski definition) is 4. The lowest BCUT2D eigenvalue weighted by Gasteiger charge is -2.29. The average Bonchev–Trinajstić information content (AvgIpc) is 3.61. The van der Waals surface area contributed by atoms with Gasteiger partial charge in [0.15, 0.2) is 5.78 Å². The molecule has 2 fully saturated rings. The fourth-order valence-electron chi connectivity index (χ4n) is 4.43. The minimum atomic E-state index is 0.149. The second-order valence-corrected chi connectivity index (χ2v) is 9.06. The molecule has 2 aliphatic carbocycles. The molecule has 0 spiro atoms. The van der Waals surface area contributed by atoms with Gasteiger partial charge in [-0.2, -0.15) is 0 Å². The van der Waals surface area contributed by atoms with E-state index < -0.39 is 0 Å². The molecule has 30 heavy (non-hydrogen) atoms. The van der Waals surface area contributed by atoms with E-state index in [2.05, 4.69) is 16.4 Å². The summed E-state index contributed by atoms with van der Waals surface area (Å²) < 4.78 is 0. The third-order valence-electron chi connectivity index (χ3n) is 6.39. The number of Topliss-reactive ketones (excluding diaryl/α,β-unsaturated/α-hetero) is 1. The quantitative estimate of drug-likeness (QED) is 0.510. The summed E-state index contributed by atoms with van der Waals surface area (Å²) in [5, 5.41) is 5.41. The van der Waals surface area contributed by atoms with Gasteiger partial charge in [-0.1, -0.05) is 35.9 Å². The maximum atomic E-state index is 13.1. The van der Waals surface area contributed by atoms with E-state index in [9.17, 15) is 4.79 Å². The predicted molar refractivity (Wildman–Crippen MR) is 123 cm³/mol. The molecule has 3 aromatic rings. The first-order valence-electron chi connectivity index (χ1n) is 10.8. The molecule has 5 rings (SSSR count). The van der Waals surface area contributed by atoms with Crippen LogP contribution in [0.15, 0.2) is 48.7 Å². The number of nitrogens with two attached hydrogens (primary N) is 1. The normalized spacial score (nSPS) is 21.5. The molecule has 2 aliphatic rings. The maximum Gasteiger partial charge on any atom is 0.169 e. The van der Waals surface area contributed by atoms with Crippen LogP contribution in [0.1, 0.15) is 48.9 Å². The molecule has 4 nitrogen and oxygen atoms in total. The van der Waals surface area contributed by atoms with Gasteiger partial charge in [-0.25, -0.2) is 0 Å². The molecule has 3 N–H and O–H groups in total. The topological polar surface area (TPSA) is 68.0 Å². The number of anilines is 1. The fourth-order valence-corrected chi connectivity index (χ4v) is 4.68. The van der Waals surface area contributed by atoms with Crippen molar-refractivity contribution in [3.8, 4) is 11.1 Å².